The molecule has 4 nitrogen and oxygen atoms in total. The maximum absolute atomic E-state index is 11.3. The zero-order chi connectivity index (χ0) is 8.98. The van der Waals surface area contributed by atoms with Gasteiger partial charge in [0.15, 0.2) is 5.78 Å². The van der Waals surface area contributed by atoms with Gasteiger partial charge in [0.25, 0.3) is 0 Å². The molecule has 0 aliphatic heterocycles. The topological polar surface area (TPSA) is 77.2 Å². The second kappa shape index (κ2) is 2.09. The van der Waals surface area contributed by atoms with Crippen molar-refractivity contribution in [1.29, 1.82) is 0 Å². The summed E-state index contributed by atoms with van der Waals surface area (Å²) in [7, 11) is -3.67. The standard InChI is InChI=1S/C7H11NO3S/c8-12(10,11)7-2-1-5(4-7)3-6(7)9/h5H,1-4H2,(H2,8,10,11)/t5-,7-/m1/s1. The van der Waals surface area contributed by atoms with Crippen LogP contribution in [0.5, 0.6) is 0 Å². The zero-order valence-corrected chi connectivity index (χ0v) is 7.43. The first-order valence-electron chi connectivity index (χ1n) is 4.01. The average molecular weight is 189 g/mol. The van der Waals surface area contributed by atoms with Crippen LogP contribution in [-0.4, -0.2) is 18.9 Å². The lowest BCUT2D eigenvalue weighted by molar-refractivity contribution is -0.120. The third-order valence-corrected chi connectivity index (χ3v) is 4.79. The molecule has 0 aromatic heterocycles. The van der Waals surface area contributed by atoms with Gasteiger partial charge in [-0.3, -0.25) is 4.79 Å². The number of carbonyl (C=O) groups is 1. The molecule has 2 aliphatic carbocycles. The second-order valence-electron chi connectivity index (χ2n) is 3.78. The third kappa shape index (κ3) is 0.806. The summed E-state index contributed by atoms with van der Waals surface area (Å²) in [4.78, 5) is 11.3. The first-order chi connectivity index (χ1) is 5.46. The number of fused-ring (bicyclic) bond motifs is 2. The van der Waals surface area contributed by atoms with Gasteiger partial charge < -0.3 is 0 Å². The van der Waals surface area contributed by atoms with Gasteiger partial charge in [0.2, 0.25) is 10.0 Å². The van der Waals surface area contributed by atoms with Crippen molar-refractivity contribution in [3.05, 3.63) is 0 Å². The lowest BCUT2D eigenvalue weighted by Gasteiger charge is -2.21. The summed E-state index contributed by atoms with van der Waals surface area (Å²) in [5, 5.41) is 5.05. The molecule has 2 N–H and O–H groups in total. The zero-order valence-electron chi connectivity index (χ0n) is 6.62. The number of sulfonamides is 1. The van der Waals surface area contributed by atoms with E-state index in [4.69, 9.17) is 5.14 Å². The predicted molar refractivity (Wildman–Crippen MR) is 42.8 cm³/mol. The fraction of sp³-hybridized carbons (Fsp3) is 0.857. The number of nitrogens with two attached hydrogens (primary N) is 1. The molecular weight excluding hydrogens is 178 g/mol. The fourth-order valence-corrected chi connectivity index (χ4v) is 3.67. The van der Waals surface area contributed by atoms with Crippen molar-refractivity contribution in [2.75, 3.05) is 0 Å². The molecule has 2 aliphatic rings. The van der Waals surface area contributed by atoms with Gasteiger partial charge in [-0.05, 0) is 25.2 Å². The quantitative estimate of drug-likeness (QED) is 0.619. The molecule has 2 saturated carbocycles. The Morgan fingerprint density at radius 3 is 2.42 bits per heavy atom. The van der Waals surface area contributed by atoms with Crippen LogP contribution < -0.4 is 5.14 Å². The second-order valence-corrected chi connectivity index (χ2v) is 5.65. The Labute approximate surface area is 71.2 Å². The number of Topliss-reactive ketones (excluding diaryl/α,β-unsaturated/α-hetero) is 1. The minimum Gasteiger partial charge on any atom is -0.298 e. The molecule has 0 radical (unpaired) electrons. The van der Waals surface area contributed by atoms with E-state index in [0.29, 0.717) is 19.3 Å². The SMILES string of the molecule is NS(=O)(=O)[C@@]12CC[C@H](CC1=O)C2. The molecule has 5 heteroatoms. The van der Waals surface area contributed by atoms with Crippen LogP contribution in [0.25, 0.3) is 0 Å². The van der Waals surface area contributed by atoms with Gasteiger partial charge in [0, 0.05) is 6.42 Å². The van der Waals surface area contributed by atoms with Crippen molar-refractivity contribution >= 4 is 15.8 Å². The Morgan fingerprint density at radius 2 is 2.17 bits per heavy atom. The molecule has 2 rings (SSSR count). The van der Waals surface area contributed by atoms with E-state index in [1.165, 1.54) is 0 Å². The normalized spacial score (nSPS) is 40.8. The molecule has 0 aromatic rings. The van der Waals surface area contributed by atoms with Crippen molar-refractivity contribution in [2.45, 2.75) is 30.4 Å². The van der Waals surface area contributed by atoms with E-state index in [9.17, 15) is 13.2 Å². The summed E-state index contributed by atoms with van der Waals surface area (Å²) in [5.41, 5.74) is 0. The molecule has 2 bridgehead atoms. The number of primary sulfonamides is 1. The van der Waals surface area contributed by atoms with Crippen molar-refractivity contribution in [2.24, 2.45) is 11.1 Å². The van der Waals surface area contributed by atoms with Gasteiger partial charge in [-0.25, -0.2) is 13.6 Å². The highest BCUT2D eigenvalue weighted by molar-refractivity contribution is 7.91. The van der Waals surface area contributed by atoms with E-state index in [-0.39, 0.29) is 11.7 Å². The largest absolute Gasteiger partial charge is 0.298 e. The first kappa shape index (κ1) is 8.19. The van der Waals surface area contributed by atoms with Crippen molar-refractivity contribution in [3.63, 3.8) is 0 Å². The van der Waals surface area contributed by atoms with E-state index in [2.05, 4.69) is 0 Å². The van der Waals surface area contributed by atoms with Crippen LogP contribution in [0.3, 0.4) is 0 Å². The lowest BCUT2D eigenvalue weighted by atomic mass is 9.99. The van der Waals surface area contributed by atoms with E-state index in [1.54, 1.807) is 0 Å². The Kier molecular flexibility index (Phi) is 1.42. The van der Waals surface area contributed by atoms with Crippen LogP contribution in [-0.2, 0) is 14.8 Å². The highest BCUT2D eigenvalue weighted by atomic mass is 32.2. The molecule has 0 saturated heterocycles. The van der Waals surface area contributed by atoms with Crippen LogP contribution >= 0.6 is 0 Å². The minimum atomic E-state index is -3.67. The molecule has 2 fully saturated rings. The van der Waals surface area contributed by atoms with Gasteiger partial charge in [-0.1, -0.05) is 0 Å². The fourth-order valence-electron chi connectivity index (χ4n) is 2.40. The Bertz CT molecular complexity index is 335. The summed E-state index contributed by atoms with van der Waals surface area (Å²) < 4.78 is 21.2. The van der Waals surface area contributed by atoms with Crippen molar-refractivity contribution < 1.29 is 13.2 Å². The number of carbonyl (C=O) groups excluding carboxylic acids is 1. The summed E-state index contributed by atoms with van der Waals surface area (Å²) in [6, 6.07) is 0. The molecule has 0 amide bonds. The number of hydrogen-bond acceptors (Lipinski definition) is 3. The average Bonchev–Trinajstić information content (AvgIpc) is 2.41. The number of hydrogen-bond donors (Lipinski definition) is 1. The highest BCUT2D eigenvalue weighted by Crippen LogP contribution is 2.48. The van der Waals surface area contributed by atoms with Gasteiger partial charge in [-0.15, -0.1) is 0 Å². The van der Waals surface area contributed by atoms with Crippen LogP contribution in [0.15, 0.2) is 0 Å². The first-order valence-corrected chi connectivity index (χ1v) is 5.56. The van der Waals surface area contributed by atoms with Gasteiger partial charge in [0.1, 0.15) is 4.75 Å². The molecule has 0 aromatic carbocycles. The summed E-state index contributed by atoms with van der Waals surface area (Å²) >= 11 is 0. The van der Waals surface area contributed by atoms with E-state index in [1.807, 2.05) is 0 Å². The van der Waals surface area contributed by atoms with Crippen molar-refractivity contribution in [1.82, 2.24) is 0 Å². The molecule has 0 spiro atoms. The van der Waals surface area contributed by atoms with Gasteiger partial charge in [-0.2, -0.15) is 0 Å². The molecule has 12 heavy (non-hydrogen) atoms. The van der Waals surface area contributed by atoms with E-state index < -0.39 is 14.8 Å². The summed E-state index contributed by atoms with van der Waals surface area (Å²) in [5.74, 6) is 0.108. The maximum Gasteiger partial charge on any atom is 0.222 e. The Balaban J connectivity index is 2.50. The Morgan fingerprint density at radius 1 is 1.50 bits per heavy atom. The number of ketones is 1. The van der Waals surface area contributed by atoms with Gasteiger partial charge in [0.05, 0.1) is 0 Å². The van der Waals surface area contributed by atoms with Crippen LogP contribution in [0.1, 0.15) is 25.7 Å². The molecule has 2 atom stereocenters. The third-order valence-electron chi connectivity index (χ3n) is 3.10. The predicted octanol–water partition coefficient (Wildman–Crippen LogP) is -0.213. The van der Waals surface area contributed by atoms with Crippen LogP contribution in [0.2, 0.25) is 0 Å². The summed E-state index contributed by atoms with van der Waals surface area (Å²) in [6.07, 6.45) is 2.15. The number of rotatable bonds is 1. The minimum absolute atomic E-state index is 0.166. The van der Waals surface area contributed by atoms with E-state index >= 15 is 0 Å². The van der Waals surface area contributed by atoms with E-state index in [0.717, 1.165) is 6.42 Å². The molecular formula is C7H11NO3S. The lowest BCUT2D eigenvalue weighted by Crippen LogP contribution is -2.45. The highest BCUT2D eigenvalue weighted by Gasteiger charge is 2.58. The molecule has 0 unspecified atom stereocenters. The molecule has 68 valence electrons. The smallest absolute Gasteiger partial charge is 0.222 e. The summed E-state index contributed by atoms with van der Waals surface area (Å²) in [6.45, 7) is 0. The van der Waals surface area contributed by atoms with Gasteiger partial charge >= 0.3 is 0 Å². The van der Waals surface area contributed by atoms with Crippen LogP contribution in [0, 0.1) is 5.92 Å². The molecule has 0 heterocycles. The monoisotopic (exact) mass is 189 g/mol. The van der Waals surface area contributed by atoms with Crippen molar-refractivity contribution in [3.8, 4) is 0 Å². The Hall–Kier alpha value is -0.420. The maximum atomic E-state index is 11.3. The van der Waals surface area contributed by atoms with Crippen LogP contribution in [0.4, 0.5) is 0 Å².